The summed E-state index contributed by atoms with van der Waals surface area (Å²) in [4.78, 5) is 15.8. The Morgan fingerprint density at radius 1 is 0.828 bits per heavy atom. The first-order chi connectivity index (χ1) is 14.1. The van der Waals surface area contributed by atoms with Gasteiger partial charge >= 0.3 is 0 Å². The third-order valence-electron chi connectivity index (χ3n) is 4.93. The number of rotatable bonds is 6. The molecule has 0 saturated carbocycles. The van der Waals surface area contributed by atoms with Crippen molar-refractivity contribution in [2.75, 3.05) is 21.3 Å². The molecule has 0 aliphatic heterocycles. The SMILES string of the molecule is COc1ccc2cc(CNC(=O)c3cc4cc(OC)cc(OC)c4[nH]3)ccc2c1. The molecule has 29 heavy (non-hydrogen) atoms. The number of aromatic nitrogens is 1. The summed E-state index contributed by atoms with van der Waals surface area (Å²) in [7, 11) is 4.84. The van der Waals surface area contributed by atoms with Crippen molar-refractivity contribution in [3.05, 3.63) is 65.9 Å². The molecular weight excluding hydrogens is 368 g/mol. The van der Waals surface area contributed by atoms with Crippen LogP contribution in [0, 0.1) is 0 Å². The number of carbonyl (C=O) groups is 1. The van der Waals surface area contributed by atoms with Gasteiger partial charge in [0.05, 0.1) is 26.8 Å². The number of ether oxygens (including phenoxy) is 3. The predicted molar refractivity (Wildman–Crippen MR) is 113 cm³/mol. The van der Waals surface area contributed by atoms with E-state index in [0.717, 1.165) is 33.0 Å². The van der Waals surface area contributed by atoms with Crippen molar-refractivity contribution in [2.45, 2.75) is 6.54 Å². The van der Waals surface area contributed by atoms with E-state index in [9.17, 15) is 4.79 Å². The first kappa shape index (κ1) is 18.7. The fourth-order valence-corrected chi connectivity index (χ4v) is 3.37. The van der Waals surface area contributed by atoms with Gasteiger partial charge in [-0.1, -0.05) is 18.2 Å². The summed E-state index contributed by atoms with van der Waals surface area (Å²) in [5, 5.41) is 6.01. The number of methoxy groups -OCH3 is 3. The van der Waals surface area contributed by atoms with Gasteiger partial charge in [0, 0.05) is 18.0 Å². The van der Waals surface area contributed by atoms with Crippen LogP contribution in [-0.2, 0) is 6.54 Å². The Labute approximate surface area is 168 Å². The highest BCUT2D eigenvalue weighted by molar-refractivity contribution is 6.00. The van der Waals surface area contributed by atoms with Gasteiger partial charge in [0.2, 0.25) is 0 Å². The lowest BCUT2D eigenvalue weighted by molar-refractivity contribution is 0.0947. The Kier molecular flexibility index (Phi) is 4.99. The smallest absolute Gasteiger partial charge is 0.267 e. The number of H-pyrrole nitrogens is 1. The molecule has 0 saturated heterocycles. The molecule has 148 valence electrons. The Balaban J connectivity index is 1.53. The number of benzene rings is 3. The number of fused-ring (bicyclic) bond motifs is 2. The Hall–Kier alpha value is -3.67. The molecule has 0 radical (unpaired) electrons. The lowest BCUT2D eigenvalue weighted by Crippen LogP contribution is -2.23. The molecule has 0 unspecified atom stereocenters. The van der Waals surface area contributed by atoms with Crippen molar-refractivity contribution in [1.82, 2.24) is 10.3 Å². The van der Waals surface area contributed by atoms with Crippen molar-refractivity contribution < 1.29 is 19.0 Å². The van der Waals surface area contributed by atoms with E-state index < -0.39 is 0 Å². The first-order valence-corrected chi connectivity index (χ1v) is 9.21. The van der Waals surface area contributed by atoms with Gasteiger partial charge in [-0.3, -0.25) is 4.79 Å². The molecule has 2 N–H and O–H groups in total. The van der Waals surface area contributed by atoms with Crippen LogP contribution in [0.4, 0.5) is 0 Å². The van der Waals surface area contributed by atoms with E-state index in [-0.39, 0.29) is 5.91 Å². The molecule has 6 heteroatoms. The van der Waals surface area contributed by atoms with Gasteiger partial charge in [0.1, 0.15) is 22.9 Å². The molecule has 0 aliphatic carbocycles. The standard InChI is InChI=1S/C23H22N2O4/c1-27-18-7-6-15-8-14(4-5-16(15)9-18)13-24-23(26)20-11-17-10-19(28-2)12-21(29-3)22(17)25-20/h4-12,25H,13H2,1-3H3,(H,24,26). The van der Waals surface area contributed by atoms with Crippen LogP contribution in [0.1, 0.15) is 16.1 Å². The molecule has 3 aromatic carbocycles. The molecule has 0 atom stereocenters. The zero-order valence-electron chi connectivity index (χ0n) is 16.5. The summed E-state index contributed by atoms with van der Waals surface area (Å²) in [5.41, 5.74) is 2.25. The Bertz CT molecular complexity index is 1200. The molecule has 4 rings (SSSR count). The first-order valence-electron chi connectivity index (χ1n) is 9.21. The summed E-state index contributed by atoms with van der Waals surface area (Å²) < 4.78 is 15.9. The van der Waals surface area contributed by atoms with E-state index in [4.69, 9.17) is 14.2 Å². The Morgan fingerprint density at radius 2 is 1.55 bits per heavy atom. The van der Waals surface area contributed by atoms with Crippen molar-refractivity contribution in [3.8, 4) is 17.2 Å². The van der Waals surface area contributed by atoms with E-state index in [1.165, 1.54) is 0 Å². The van der Waals surface area contributed by atoms with Crippen LogP contribution in [0.3, 0.4) is 0 Å². The summed E-state index contributed by atoms with van der Waals surface area (Å²) in [6.07, 6.45) is 0. The summed E-state index contributed by atoms with van der Waals surface area (Å²) >= 11 is 0. The van der Waals surface area contributed by atoms with Gasteiger partial charge in [0.25, 0.3) is 5.91 Å². The number of carbonyl (C=O) groups excluding carboxylic acids is 1. The summed E-state index contributed by atoms with van der Waals surface area (Å²) in [6.45, 7) is 0.427. The van der Waals surface area contributed by atoms with Gasteiger partial charge in [0.15, 0.2) is 0 Å². The minimum absolute atomic E-state index is 0.183. The molecule has 0 spiro atoms. The average Bonchev–Trinajstić information content (AvgIpc) is 3.20. The number of aromatic amines is 1. The molecule has 1 aromatic heterocycles. The van der Waals surface area contributed by atoms with Crippen LogP contribution in [0.25, 0.3) is 21.7 Å². The maximum absolute atomic E-state index is 12.7. The lowest BCUT2D eigenvalue weighted by atomic mass is 10.1. The molecule has 6 nitrogen and oxygen atoms in total. The fraction of sp³-hybridized carbons (Fsp3) is 0.174. The van der Waals surface area contributed by atoms with Gasteiger partial charge in [-0.15, -0.1) is 0 Å². The molecule has 0 aliphatic rings. The second-order valence-electron chi connectivity index (χ2n) is 6.71. The largest absolute Gasteiger partial charge is 0.497 e. The van der Waals surface area contributed by atoms with Crippen LogP contribution in [0.2, 0.25) is 0 Å². The van der Waals surface area contributed by atoms with Crippen molar-refractivity contribution in [2.24, 2.45) is 0 Å². The van der Waals surface area contributed by atoms with Gasteiger partial charge in [-0.05, 0) is 46.7 Å². The maximum atomic E-state index is 12.7. The van der Waals surface area contributed by atoms with Crippen LogP contribution in [-0.4, -0.2) is 32.2 Å². The second-order valence-corrected chi connectivity index (χ2v) is 6.71. The quantitative estimate of drug-likeness (QED) is 0.516. The zero-order valence-corrected chi connectivity index (χ0v) is 16.5. The van der Waals surface area contributed by atoms with Gasteiger partial charge in [-0.25, -0.2) is 0 Å². The number of amides is 1. The Morgan fingerprint density at radius 3 is 2.31 bits per heavy atom. The minimum Gasteiger partial charge on any atom is -0.497 e. The number of hydrogen-bond acceptors (Lipinski definition) is 4. The van der Waals surface area contributed by atoms with E-state index >= 15 is 0 Å². The average molecular weight is 390 g/mol. The third kappa shape index (κ3) is 3.69. The van der Waals surface area contributed by atoms with Crippen molar-refractivity contribution in [1.29, 1.82) is 0 Å². The molecular formula is C23H22N2O4. The van der Waals surface area contributed by atoms with E-state index in [1.807, 2.05) is 36.4 Å². The van der Waals surface area contributed by atoms with E-state index in [2.05, 4.69) is 16.4 Å². The normalized spacial score (nSPS) is 10.9. The second kappa shape index (κ2) is 7.75. The highest BCUT2D eigenvalue weighted by Crippen LogP contribution is 2.31. The number of hydrogen-bond donors (Lipinski definition) is 2. The van der Waals surface area contributed by atoms with Crippen molar-refractivity contribution in [3.63, 3.8) is 0 Å². The van der Waals surface area contributed by atoms with E-state index in [0.29, 0.717) is 23.7 Å². The van der Waals surface area contributed by atoms with Crippen LogP contribution in [0.15, 0.2) is 54.6 Å². The van der Waals surface area contributed by atoms with Gasteiger partial charge in [-0.2, -0.15) is 0 Å². The highest BCUT2D eigenvalue weighted by atomic mass is 16.5. The molecule has 0 bridgehead atoms. The summed E-state index contributed by atoms with van der Waals surface area (Å²) in [5.74, 6) is 1.94. The molecule has 1 amide bonds. The number of nitrogens with one attached hydrogen (secondary N) is 2. The van der Waals surface area contributed by atoms with Crippen molar-refractivity contribution >= 4 is 27.6 Å². The van der Waals surface area contributed by atoms with Gasteiger partial charge < -0.3 is 24.5 Å². The highest BCUT2D eigenvalue weighted by Gasteiger charge is 2.13. The molecule has 4 aromatic rings. The molecule has 1 heterocycles. The minimum atomic E-state index is -0.183. The van der Waals surface area contributed by atoms with Crippen LogP contribution >= 0.6 is 0 Å². The van der Waals surface area contributed by atoms with E-state index in [1.54, 1.807) is 33.5 Å². The lowest BCUT2D eigenvalue weighted by Gasteiger charge is -2.07. The topological polar surface area (TPSA) is 72.6 Å². The third-order valence-corrected chi connectivity index (χ3v) is 4.93. The van der Waals surface area contributed by atoms with Crippen LogP contribution < -0.4 is 19.5 Å². The monoisotopic (exact) mass is 390 g/mol. The maximum Gasteiger partial charge on any atom is 0.267 e. The summed E-state index contributed by atoms with van der Waals surface area (Å²) in [6, 6.07) is 17.5. The predicted octanol–water partition coefficient (Wildman–Crippen LogP) is 4.28. The zero-order chi connectivity index (χ0) is 20.4. The molecule has 0 fully saturated rings. The van der Waals surface area contributed by atoms with Crippen LogP contribution in [0.5, 0.6) is 17.2 Å². The fourth-order valence-electron chi connectivity index (χ4n) is 3.37.